The number of sulfone groups is 1. The highest BCUT2D eigenvalue weighted by Gasteiger charge is 2.12. The molecule has 0 heterocycles. The molecule has 140 valence electrons. The van der Waals surface area contributed by atoms with Gasteiger partial charge in [-0.05, 0) is 55.7 Å². The lowest BCUT2D eigenvalue weighted by atomic mass is 10.1. The Bertz CT molecular complexity index is 827. The van der Waals surface area contributed by atoms with Gasteiger partial charge in [0.2, 0.25) is 5.91 Å². The van der Waals surface area contributed by atoms with Crippen molar-refractivity contribution in [1.82, 2.24) is 5.32 Å². The number of nitrogens with one attached hydrogen (secondary N) is 1. The molecule has 0 spiro atoms. The van der Waals surface area contributed by atoms with Gasteiger partial charge in [-0.15, -0.1) is 0 Å². The fraction of sp³-hybridized carbons (Fsp3) is 0.350. The van der Waals surface area contributed by atoms with Crippen LogP contribution >= 0.6 is 0 Å². The summed E-state index contributed by atoms with van der Waals surface area (Å²) < 4.78 is 28.4. The second-order valence-electron chi connectivity index (χ2n) is 6.21. The zero-order valence-corrected chi connectivity index (χ0v) is 16.2. The largest absolute Gasteiger partial charge is 0.494 e. The van der Waals surface area contributed by atoms with E-state index in [1.54, 1.807) is 24.3 Å². The van der Waals surface area contributed by atoms with Crippen LogP contribution in [0.4, 0.5) is 0 Å². The van der Waals surface area contributed by atoms with Gasteiger partial charge in [0, 0.05) is 12.7 Å². The van der Waals surface area contributed by atoms with Crippen molar-refractivity contribution in [3.8, 4) is 5.75 Å². The van der Waals surface area contributed by atoms with Crippen molar-refractivity contribution in [3.05, 3.63) is 59.7 Å². The summed E-state index contributed by atoms with van der Waals surface area (Å²) in [5.41, 5.74) is 1.94. The van der Waals surface area contributed by atoms with E-state index in [9.17, 15) is 13.2 Å². The molecule has 0 fully saturated rings. The molecular weight excluding hydrogens is 350 g/mol. The average Bonchev–Trinajstić information content (AvgIpc) is 2.61. The van der Waals surface area contributed by atoms with Gasteiger partial charge in [-0.3, -0.25) is 4.79 Å². The molecule has 0 bridgehead atoms. The Hall–Kier alpha value is -2.34. The minimum atomic E-state index is -3.21. The molecule has 0 aliphatic rings. The number of amides is 1. The maximum Gasteiger partial charge on any atom is 0.220 e. The number of benzene rings is 2. The molecule has 0 unspecified atom stereocenters. The summed E-state index contributed by atoms with van der Waals surface area (Å²) in [6.07, 6.45) is 2.21. The molecule has 0 saturated carbocycles. The molecule has 26 heavy (non-hydrogen) atoms. The van der Waals surface area contributed by atoms with Crippen molar-refractivity contribution in [2.75, 3.05) is 12.9 Å². The fourth-order valence-electron chi connectivity index (χ4n) is 2.58. The Morgan fingerprint density at radius 2 is 1.69 bits per heavy atom. The van der Waals surface area contributed by atoms with Crippen LogP contribution in [0.5, 0.6) is 5.75 Å². The maximum absolute atomic E-state index is 12.2. The van der Waals surface area contributed by atoms with Crippen LogP contribution in [-0.2, 0) is 21.1 Å². The number of carbonyl (C=O) groups is 1. The van der Waals surface area contributed by atoms with E-state index in [-0.39, 0.29) is 16.8 Å². The summed E-state index contributed by atoms with van der Waals surface area (Å²) in [6, 6.07) is 14.1. The van der Waals surface area contributed by atoms with Crippen LogP contribution in [0.25, 0.3) is 0 Å². The summed E-state index contributed by atoms with van der Waals surface area (Å²) in [5.74, 6) is 0.783. The predicted octanol–water partition coefficient (Wildman–Crippen LogP) is 3.30. The van der Waals surface area contributed by atoms with Gasteiger partial charge in [0.1, 0.15) is 5.75 Å². The van der Waals surface area contributed by atoms with Gasteiger partial charge in [0.25, 0.3) is 0 Å². The minimum absolute atomic E-state index is 0.0430. The number of hydrogen-bond donors (Lipinski definition) is 1. The van der Waals surface area contributed by atoms with Crippen molar-refractivity contribution < 1.29 is 17.9 Å². The van der Waals surface area contributed by atoms with Gasteiger partial charge in [0.15, 0.2) is 9.84 Å². The van der Waals surface area contributed by atoms with Gasteiger partial charge in [-0.25, -0.2) is 8.42 Å². The fourth-order valence-corrected chi connectivity index (χ4v) is 3.21. The minimum Gasteiger partial charge on any atom is -0.494 e. The lowest BCUT2D eigenvalue weighted by molar-refractivity contribution is -0.121. The molecule has 6 heteroatoms. The Labute approximate surface area is 155 Å². The molecule has 0 aromatic heterocycles. The highest BCUT2D eigenvalue weighted by Crippen LogP contribution is 2.17. The molecule has 1 N–H and O–H groups in total. The smallest absolute Gasteiger partial charge is 0.220 e. The molecule has 0 saturated heterocycles. The summed E-state index contributed by atoms with van der Waals surface area (Å²) >= 11 is 0. The van der Waals surface area contributed by atoms with Gasteiger partial charge >= 0.3 is 0 Å². The van der Waals surface area contributed by atoms with Crippen molar-refractivity contribution in [3.63, 3.8) is 0 Å². The molecule has 1 atom stereocenters. The van der Waals surface area contributed by atoms with E-state index in [1.165, 1.54) is 6.26 Å². The first-order valence-corrected chi connectivity index (χ1v) is 10.5. The van der Waals surface area contributed by atoms with Crippen LogP contribution in [0.3, 0.4) is 0 Å². The summed E-state index contributed by atoms with van der Waals surface area (Å²) in [7, 11) is -3.21. The van der Waals surface area contributed by atoms with Crippen molar-refractivity contribution in [2.45, 2.75) is 37.6 Å². The maximum atomic E-state index is 12.2. The summed E-state index contributed by atoms with van der Waals surface area (Å²) in [6.45, 7) is 4.45. The van der Waals surface area contributed by atoms with E-state index in [0.29, 0.717) is 19.4 Å². The Kier molecular flexibility index (Phi) is 6.80. The highest BCUT2D eigenvalue weighted by atomic mass is 32.2. The summed E-state index contributed by atoms with van der Waals surface area (Å²) in [5, 5.41) is 2.94. The monoisotopic (exact) mass is 375 g/mol. The first-order valence-electron chi connectivity index (χ1n) is 8.60. The third-order valence-electron chi connectivity index (χ3n) is 4.06. The van der Waals surface area contributed by atoms with Crippen LogP contribution < -0.4 is 10.1 Å². The Balaban J connectivity index is 1.86. The molecule has 5 nitrogen and oxygen atoms in total. The lowest BCUT2D eigenvalue weighted by Crippen LogP contribution is -2.26. The van der Waals surface area contributed by atoms with Gasteiger partial charge in [0.05, 0.1) is 17.5 Å². The first kappa shape index (κ1) is 20.0. The van der Waals surface area contributed by atoms with Crippen molar-refractivity contribution in [2.24, 2.45) is 0 Å². The van der Waals surface area contributed by atoms with Crippen LogP contribution in [0.1, 0.15) is 37.4 Å². The molecule has 2 aromatic rings. The number of ether oxygens (including phenoxy) is 1. The standard InChI is InChI=1S/C20H25NO4S/c1-4-25-18-10-5-16(6-11-18)7-14-20(22)21-15(2)17-8-12-19(13-9-17)26(3,23)24/h5-6,8-13,15H,4,7,14H2,1-3H3,(H,21,22)/t15-/m1/s1. The molecule has 2 aromatic carbocycles. The third-order valence-corrected chi connectivity index (χ3v) is 5.19. The number of carbonyl (C=O) groups excluding carboxylic acids is 1. The zero-order chi connectivity index (χ0) is 19.2. The summed E-state index contributed by atoms with van der Waals surface area (Å²) in [4.78, 5) is 12.4. The van der Waals surface area contributed by atoms with Crippen molar-refractivity contribution in [1.29, 1.82) is 0 Å². The molecular formula is C20H25NO4S. The second-order valence-corrected chi connectivity index (χ2v) is 8.22. The van der Waals surface area contributed by atoms with Crippen LogP contribution in [0.2, 0.25) is 0 Å². The van der Waals surface area contributed by atoms with Crippen LogP contribution in [0.15, 0.2) is 53.4 Å². The molecule has 0 aliphatic carbocycles. The van der Waals surface area contributed by atoms with Gasteiger partial charge < -0.3 is 10.1 Å². The van der Waals surface area contributed by atoms with E-state index in [2.05, 4.69) is 5.32 Å². The third kappa shape index (κ3) is 5.88. The average molecular weight is 375 g/mol. The van der Waals surface area contributed by atoms with Gasteiger partial charge in [-0.2, -0.15) is 0 Å². The highest BCUT2D eigenvalue weighted by molar-refractivity contribution is 7.90. The van der Waals surface area contributed by atoms with Crippen LogP contribution in [0, 0.1) is 0 Å². The normalized spacial score (nSPS) is 12.4. The van der Waals surface area contributed by atoms with E-state index < -0.39 is 9.84 Å². The van der Waals surface area contributed by atoms with Gasteiger partial charge in [-0.1, -0.05) is 24.3 Å². The van der Waals surface area contributed by atoms with E-state index in [0.717, 1.165) is 16.9 Å². The number of hydrogen-bond acceptors (Lipinski definition) is 4. The SMILES string of the molecule is CCOc1ccc(CCC(=O)N[C@H](C)c2ccc(S(C)(=O)=O)cc2)cc1. The molecule has 2 rings (SSSR count). The second kappa shape index (κ2) is 8.85. The van der Waals surface area contributed by atoms with E-state index >= 15 is 0 Å². The van der Waals surface area contributed by atoms with Crippen molar-refractivity contribution >= 4 is 15.7 Å². The van der Waals surface area contributed by atoms with E-state index in [1.807, 2.05) is 38.1 Å². The van der Waals surface area contributed by atoms with E-state index in [4.69, 9.17) is 4.74 Å². The Morgan fingerprint density at radius 3 is 2.23 bits per heavy atom. The topological polar surface area (TPSA) is 72.5 Å². The number of rotatable bonds is 8. The lowest BCUT2D eigenvalue weighted by Gasteiger charge is -2.15. The van der Waals surface area contributed by atoms with Crippen LogP contribution in [-0.4, -0.2) is 27.2 Å². The first-order chi connectivity index (χ1) is 12.3. The number of aryl methyl sites for hydroxylation is 1. The molecule has 0 aliphatic heterocycles. The molecule has 1 amide bonds. The zero-order valence-electron chi connectivity index (χ0n) is 15.4. The molecule has 0 radical (unpaired) electrons. The quantitative estimate of drug-likeness (QED) is 0.768. The Morgan fingerprint density at radius 1 is 1.08 bits per heavy atom. The predicted molar refractivity (Wildman–Crippen MR) is 102 cm³/mol.